The topological polar surface area (TPSA) is 19.4 Å². The fraction of sp³-hybridized carbons (Fsp3) is 0.500. The zero-order valence-corrected chi connectivity index (χ0v) is 13.1. The lowest BCUT2D eigenvalue weighted by atomic mass is 10.1. The van der Waals surface area contributed by atoms with Gasteiger partial charge in [-0.2, -0.15) is 0 Å². The Hall–Kier alpha value is -1.45. The van der Waals surface area contributed by atoms with E-state index in [-0.39, 0.29) is 0 Å². The molecule has 1 aliphatic heterocycles. The minimum absolute atomic E-state index is 0.652. The normalized spacial score (nSPS) is 17.7. The molecule has 0 amide bonds. The third kappa shape index (κ3) is 3.60. The summed E-state index contributed by atoms with van der Waals surface area (Å²) in [5.74, 6) is 0. The zero-order chi connectivity index (χ0) is 14.7. The maximum Gasteiger partial charge on any atom is 0.0702 e. The molecule has 1 atom stereocenters. The summed E-state index contributed by atoms with van der Waals surface area (Å²) in [4.78, 5) is 9.42. The predicted molar refractivity (Wildman–Crippen MR) is 88.3 cm³/mol. The van der Waals surface area contributed by atoms with E-state index < -0.39 is 0 Å². The third-order valence-electron chi connectivity index (χ3n) is 4.46. The van der Waals surface area contributed by atoms with Gasteiger partial charge in [-0.15, -0.1) is 0 Å². The van der Waals surface area contributed by atoms with Crippen LogP contribution < -0.4 is 0 Å². The molecule has 21 heavy (non-hydrogen) atoms. The zero-order valence-electron chi connectivity index (χ0n) is 13.1. The largest absolute Gasteiger partial charge is 0.301 e. The summed E-state index contributed by atoms with van der Waals surface area (Å²) in [5.41, 5.74) is 2.45. The lowest BCUT2D eigenvalue weighted by Crippen LogP contribution is -2.39. The highest BCUT2D eigenvalue weighted by molar-refractivity contribution is 5.78. The fourth-order valence-corrected chi connectivity index (χ4v) is 3.35. The number of likely N-dealkylation sites (tertiary alicyclic amines) is 1. The van der Waals surface area contributed by atoms with Crippen LogP contribution in [0.5, 0.6) is 0 Å². The first-order chi connectivity index (χ1) is 10.2. The molecular weight excluding hydrogens is 258 g/mol. The fourth-order valence-electron chi connectivity index (χ4n) is 3.35. The summed E-state index contributed by atoms with van der Waals surface area (Å²) < 4.78 is 0. The van der Waals surface area contributed by atoms with Crippen molar-refractivity contribution in [3.63, 3.8) is 0 Å². The number of fused-ring (bicyclic) bond motifs is 1. The molecule has 0 unspecified atom stereocenters. The standard InChI is InChI=1S/C18H25N3/c1-15(21-10-3-4-11-21)13-20(2)14-16-7-8-18-17(12-16)6-5-9-19-18/h5-9,12,15H,3-4,10-11,13-14H2,1-2H3/t15-/m0/s1. The Balaban J connectivity index is 1.61. The van der Waals surface area contributed by atoms with Crippen molar-refractivity contribution in [2.45, 2.75) is 32.4 Å². The van der Waals surface area contributed by atoms with Gasteiger partial charge in [0.15, 0.2) is 0 Å². The molecule has 0 aliphatic carbocycles. The van der Waals surface area contributed by atoms with Gasteiger partial charge < -0.3 is 4.90 Å². The smallest absolute Gasteiger partial charge is 0.0702 e. The summed E-state index contributed by atoms with van der Waals surface area (Å²) in [5, 5.41) is 1.23. The second kappa shape index (κ2) is 6.54. The van der Waals surface area contributed by atoms with Gasteiger partial charge in [0, 0.05) is 30.7 Å². The minimum atomic E-state index is 0.652. The molecule has 1 aliphatic rings. The number of hydrogen-bond acceptors (Lipinski definition) is 3. The highest BCUT2D eigenvalue weighted by Gasteiger charge is 2.19. The van der Waals surface area contributed by atoms with Crippen LogP contribution in [0.3, 0.4) is 0 Å². The Morgan fingerprint density at radius 2 is 2.05 bits per heavy atom. The second-order valence-electron chi connectivity index (χ2n) is 6.32. The Morgan fingerprint density at radius 1 is 1.24 bits per heavy atom. The SMILES string of the molecule is C[C@@H](CN(C)Cc1ccc2ncccc2c1)N1CCCC1. The molecule has 1 saturated heterocycles. The van der Waals surface area contributed by atoms with Gasteiger partial charge in [0.05, 0.1) is 5.52 Å². The van der Waals surface area contributed by atoms with Crippen molar-refractivity contribution < 1.29 is 0 Å². The van der Waals surface area contributed by atoms with Crippen molar-refractivity contribution in [2.24, 2.45) is 0 Å². The number of nitrogens with zero attached hydrogens (tertiary/aromatic N) is 3. The number of benzene rings is 1. The molecule has 3 rings (SSSR count). The summed E-state index contributed by atoms with van der Waals surface area (Å²) >= 11 is 0. The number of pyridine rings is 1. The number of rotatable bonds is 5. The number of likely N-dealkylation sites (N-methyl/N-ethyl adjacent to an activating group) is 1. The van der Waals surface area contributed by atoms with Crippen molar-refractivity contribution in [3.05, 3.63) is 42.1 Å². The summed E-state index contributed by atoms with van der Waals surface area (Å²) in [6, 6.07) is 11.4. The van der Waals surface area contributed by atoms with Crippen LogP contribution in [0.4, 0.5) is 0 Å². The van der Waals surface area contributed by atoms with E-state index in [1.165, 1.54) is 36.9 Å². The Kier molecular flexibility index (Phi) is 4.51. The minimum Gasteiger partial charge on any atom is -0.301 e. The number of aromatic nitrogens is 1. The van der Waals surface area contributed by atoms with Crippen molar-refractivity contribution in [2.75, 3.05) is 26.7 Å². The van der Waals surface area contributed by atoms with Crippen molar-refractivity contribution in [1.82, 2.24) is 14.8 Å². The molecule has 1 aromatic heterocycles. The average molecular weight is 283 g/mol. The summed E-state index contributed by atoms with van der Waals surface area (Å²) in [6.07, 6.45) is 4.59. The molecule has 0 saturated carbocycles. The molecule has 1 aromatic carbocycles. The van der Waals surface area contributed by atoms with Crippen LogP contribution in [0, 0.1) is 0 Å². The third-order valence-corrected chi connectivity index (χ3v) is 4.46. The number of hydrogen-bond donors (Lipinski definition) is 0. The van der Waals surface area contributed by atoms with E-state index in [1.54, 1.807) is 0 Å². The van der Waals surface area contributed by atoms with Crippen LogP contribution in [-0.4, -0.2) is 47.5 Å². The van der Waals surface area contributed by atoms with Crippen molar-refractivity contribution in [3.8, 4) is 0 Å². The predicted octanol–water partition coefficient (Wildman–Crippen LogP) is 3.15. The highest BCUT2D eigenvalue weighted by atomic mass is 15.2. The van der Waals surface area contributed by atoms with Gasteiger partial charge in [-0.25, -0.2) is 0 Å². The second-order valence-corrected chi connectivity index (χ2v) is 6.32. The summed E-state index contributed by atoms with van der Waals surface area (Å²) in [6.45, 7) is 7.04. The highest BCUT2D eigenvalue weighted by Crippen LogP contribution is 2.16. The maximum atomic E-state index is 4.38. The molecule has 3 heteroatoms. The van der Waals surface area contributed by atoms with E-state index in [0.29, 0.717) is 6.04 Å². The van der Waals surface area contributed by atoms with E-state index in [0.717, 1.165) is 18.6 Å². The molecule has 0 radical (unpaired) electrons. The van der Waals surface area contributed by atoms with E-state index in [4.69, 9.17) is 0 Å². The van der Waals surface area contributed by atoms with Crippen LogP contribution in [0.1, 0.15) is 25.3 Å². The molecule has 3 nitrogen and oxygen atoms in total. The van der Waals surface area contributed by atoms with E-state index in [9.17, 15) is 0 Å². The van der Waals surface area contributed by atoms with Gasteiger partial charge in [-0.05, 0) is 63.7 Å². The van der Waals surface area contributed by atoms with Gasteiger partial charge >= 0.3 is 0 Å². The summed E-state index contributed by atoms with van der Waals surface area (Å²) in [7, 11) is 2.22. The van der Waals surface area contributed by atoms with Crippen LogP contribution in [0.25, 0.3) is 10.9 Å². The Labute approximate surface area is 127 Å². The van der Waals surface area contributed by atoms with Gasteiger partial charge in [0.25, 0.3) is 0 Å². The van der Waals surface area contributed by atoms with Crippen LogP contribution >= 0.6 is 0 Å². The van der Waals surface area contributed by atoms with Crippen LogP contribution in [-0.2, 0) is 6.54 Å². The van der Waals surface area contributed by atoms with E-state index in [2.05, 4.69) is 53.0 Å². The van der Waals surface area contributed by atoms with Crippen molar-refractivity contribution in [1.29, 1.82) is 0 Å². The van der Waals surface area contributed by atoms with Gasteiger partial charge in [-0.1, -0.05) is 12.1 Å². The van der Waals surface area contributed by atoms with Crippen molar-refractivity contribution >= 4 is 10.9 Å². The molecule has 0 N–H and O–H groups in total. The first kappa shape index (κ1) is 14.5. The van der Waals surface area contributed by atoms with Gasteiger partial charge in [0.1, 0.15) is 0 Å². The lowest BCUT2D eigenvalue weighted by molar-refractivity contribution is 0.188. The quantitative estimate of drug-likeness (QED) is 0.840. The lowest BCUT2D eigenvalue weighted by Gasteiger charge is -2.28. The van der Waals surface area contributed by atoms with E-state index >= 15 is 0 Å². The van der Waals surface area contributed by atoms with Gasteiger partial charge in [-0.3, -0.25) is 9.88 Å². The molecule has 0 spiro atoms. The first-order valence-electron chi connectivity index (χ1n) is 7.98. The first-order valence-corrected chi connectivity index (χ1v) is 7.98. The van der Waals surface area contributed by atoms with Gasteiger partial charge in [0.2, 0.25) is 0 Å². The maximum absolute atomic E-state index is 4.38. The average Bonchev–Trinajstić information content (AvgIpc) is 3.01. The molecule has 0 bridgehead atoms. The molecule has 2 aromatic rings. The molecule has 112 valence electrons. The monoisotopic (exact) mass is 283 g/mol. The Bertz CT molecular complexity index is 590. The molecule has 2 heterocycles. The van der Waals surface area contributed by atoms with Crippen LogP contribution in [0.2, 0.25) is 0 Å². The Morgan fingerprint density at radius 3 is 2.86 bits per heavy atom. The molecule has 1 fully saturated rings. The van der Waals surface area contributed by atoms with E-state index in [1.807, 2.05) is 12.3 Å². The molecular formula is C18H25N3. The van der Waals surface area contributed by atoms with Crippen LogP contribution in [0.15, 0.2) is 36.5 Å².